The average molecular weight is 226 g/mol. The number of aromatic nitrogens is 1. The number of thiazole rings is 1. The van der Waals surface area contributed by atoms with Crippen molar-refractivity contribution < 1.29 is 9.90 Å². The van der Waals surface area contributed by atoms with Gasteiger partial charge in [0.1, 0.15) is 5.01 Å². The smallest absolute Gasteiger partial charge is 0.216 e. The Morgan fingerprint density at radius 2 is 2.53 bits per heavy atom. The first-order valence-corrected chi connectivity index (χ1v) is 5.56. The van der Waals surface area contributed by atoms with Crippen molar-refractivity contribution >= 4 is 23.3 Å². The van der Waals surface area contributed by atoms with Gasteiger partial charge in [0.15, 0.2) is 0 Å². The van der Waals surface area contributed by atoms with Gasteiger partial charge in [-0.3, -0.25) is 4.79 Å². The fourth-order valence-corrected chi connectivity index (χ4v) is 1.72. The molecule has 0 unspecified atom stereocenters. The Bertz CT molecular complexity index is 347. The maximum Gasteiger partial charge on any atom is 0.216 e. The van der Waals surface area contributed by atoms with Crippen LogP contribution in [-0.2, 0) is 11.4 Å². The summed E-state index contributed by atoms with van der Waals surface area (Å²) in [7, 11) is 0. The van der Waals surface area contributed by atoms with E-state index in [1.54, 1.807) is 0 Å². The molecule has 1 heterocycles. The fraction of sp³-hybridized carbons (Fsp3) is 0.400. The van der Waals surface area contributed by atoms with E-state index in [2.05, 4.69) is 10.3 Å². The number of amides is 1. The van der Waals surface area contributed by atoms with Gasteiger partial charge in [0.2, 0.25) is 5.91 Å². The second kappa shape index (κ2) is 6.31. The highest BCUT2D eigenvalue weighted by molar-refractivity contribution is 7.10. The van der Waals surface area contributed by atoms with Gasteiger partial charge in [-0.1, -0.05) is 6.08 Å². The monoisotopic (exact) mass is 226 g/mol. The predicted molar refractivity (Wildman–Crippen MR) is 60.4 cm³/mol. The lowest BCUT2D eigenvalue weighted by atomic mass is 10.3. The summed E-state index contributed by atoms with van der Waals surface area (Å²) < 4.78 is 0. The van der Waals surface area contributed by atoms with Crippen LogP contribution >= 0.6 is 11.3 Å². The van der Waals surface area contributed by atoms with Crippen LogP contribution in [0, 0.1) is 0 Å². The maximum absolute atomic E-state index is 10.5. The first-order valence-electron chi connectivity index (χ1n) is 4.68. The highest BCUT2D eigenvalue weighted by atomic mass is 32.1. The summed E-state index contributed by atoms with van der Waals surface area (Å²) in [5, 5.41) is 14.2. The van der Waals surface area contributed by atoms with Crippen LogP contribution in [0.2, 0.25) is 0 Å². The molecule has 82 valence electrons. The molecule has 0 aliphatic carbocycles. The third kappa shape index (κ3) is 4.71. The average Bonchev–Trinajstić information content (AvgIpc) is 2.65. The molecule has 4 nitrogen and oxygen atoms in total. The van der Waals surface area contributed by atoms with Crippen molar-refractivity contribution in [1.82, 2.24) is 10.3 Å². The van der Waals surface area contributed by atoms with E-state index in [1.165, 1.54) is 18.3 Å². The number of aliphatic hydroxyl groups is 1. The predicted octanol–water partition coefficient (Wildman–Crippen LogP) is 1.17. The van der Waals surface area contributed by atoms with Crippen LogP contribution in [-0.4, -0.2) is 22.5 Å². The van der Waals surface area contributed by atoms with Crippen molar-refractivity contribution in [1.29, 1.82) is 0 Å². The molecule has 0 spiro atoms. The number of nitrogens with zero attached hydrogens (tertiary/aromatic N) is 1. The minimum Gasteiger partial charge on any atom is -0.390 e. The summed E-state index contributed by atoms with van der Waals surface area (Å²) in [6.45, 7) is 2.12. The van der Waals surface area contributed by atoms with Crippen LogP contribution in [0.3, 0.4) is 0 Å². The first-order chi connectivity index (χ1) is 7.22. The molecule has 0 atom stereocenters. The van der Waals surface area contributed by atoms with Crippen LogP contribution in [0.1, 0.15) is 24.0 Å². The first kappa shape index (κ1) is 11.9. The van der Waals surface area contributed by atoms with E-state index in [0.29, 0.717) is 12.2 Å². The summed E-state index contributed by atoms with van der Waals surface area (Å²) >= 11 is 1.49. The minimum absolute atomic E-state index is 0.0137. The molecule has 0 aliphatic rings. The molecule has 1 rings (SSSR count). The maximum atomic E-state index is 10.5. The molecule has 0 radical (unpaired) electrons. The molecule has 5 heteroatoms. The SMILES string of the molecule is CC(=O)NCCC=Cc1nc(CO)cs1. The molecule has 1 aromatic heterocycles. The van der Waals surface area contributed by atoms with Crippen LogP contribution in [0.5, 0.6) is 0 Å². The lowest BCUT2D eigenvalue weighted by molar-refractivity contribution is -0.118. The zero-order valence-electron chi connectivity index (χ0n) is 8.56. The number of hydrogen-bond donors (Lipinski definition) is 2. The normalized spacial score (nSPS) is 10.8. The van der Waals surface area contributed by atoms with Crippen molar-refractivity contribution in [2.24, 2.45) is 0 Å². The Morgan fingerprint density at radius 3 is 3.13 bits per heavy atom. The van der Waals surface area contributed by atoms with Crippen LogP contribution < -0.4 is 5.32 Å². The third-order valence-corrected chi connectivity index (χ3v) is 2.54. The van der Waals surface area contributed by atoms with Crippen LogP contribution in [0.4, 0.5) is 0 Å². The zero-order valence-corrected chi connectivity index (χ0v) is 9.38. The van der Waals surface area contributed by atoms with Crippen molar-refractivity contribution in [3.05, 3.63) is 22.2 Å². The molecule has 15 heavy (non-hydrogen) atoms. The van der Waals surface area contributed by atoms with E-state index >= 15 is 0 Å². The quantitative estimate of drug-likeness (QED) is 0.741. The second-order valence-corrected chi connectivity index (χ2v) is 3.90. The molecule has 0 saturated carbocycles. The van der Waals surface area contributed by atoms with E-state index < -0.39 is 0 Å². The molecule has 0 fully saturated rings. The van der Waals surface area contributed by atoms with Crippen molar-refractivity contribution in [2.45, 2.75) is 20.0 Å². The summed E-state index contributed by atoms with van der Waals surface area (Å²) in [6, 6.07) is 0. The van der Waals surface area contributed by atoms with E-state index in [1.807, 2.05) is 17.5 Å². The number of hydrogen-bond acceptors (Lipinski definition) is 4. The molecular formula is C10H14N2O2S. The summed E-state index contributed by atoms with van der Waals surface area (Å²) in [5.41, 5.74) is 0.696. The van der Waals surface area contributed by atoms with Crippen molar-refractivity contribution in [3.63, 3.8) is 0 Å². The summed E-state index contributed by atoms with van der Waals surface area (Å²) in [6.07, 6.45) is 4.63. The molecule has 0 bridgehead atoms. The minimum atomic E-state index is -0.0176. The zero-order chi connectivity index (χ0) is 11.1. The number of rotatable bonds is 5. The Balaban J connectivity index is 2.28. The summed E-state index contributed by atoms with van der Waals surface area (Å²) in [5.74, 6) is -0.0137. The fourth-order valence-electron chi connectivity index (χ4n) is 0.987. The molecule has 0 aliphatic heterocycles. The van der Waals surface area contributed by atoms with E-state index in [-0.39, 0.29) is 12.5 Å². The lowest BCUT2D eigenvalue weighted by Crippen LogP contribution is -2.20. The molecule has 1 aromatic rings. The molecule has 1 amide bonds. The highest BCUT2D eigenvalue weighted by Crippen LogP contribution is 2.11. The Labute approximate surface area is 92.7 Å². The number of nitrogens with one attached hydrogen (secondary N) is 1. The van der Waals surface area contributed by atoms with Crippen LogP contribution in [0.15, 0.2) is 11.5 Å². The van der Waals surface area contributed by atoms with Gasteiger partial charge in [0, 0.05) is 18.8 Å². The lowest BCUT2D eigenvalue weighted by Gasteiger charge is -1.95. The van der Waals surface area contributed by atoms with Gasteiger partial charge >= 0.3 is 0 Å². The van der Waals surface area contributed by atoms with Gasteiger partial charge in [0.25, 0.3) is 0 Å². The number of carbonyl (C=O) groups excluding carboxylic acids is 1. The van der Waals surface area contributed by atoms with Gasteiger partial charge in [-0.05, 0) is 12.5 Å². The molecule has 0 aromatic carbocycles. The second-order valence-electron chi connectivity index (χ2n) is 3.01. The van der Waals surface area contributed by atoms with Gasteiger partial charge in [-0.15, -0.1) is 11.3 Å². The molecule has 2 N–H and O–H groups in total. The van der Waals surface area contributed by atoms with Crippen LogP contribution in [0.25, 0.3) is 6.08 Å². The topological polar surface area (TPSA) is 62.2 Å². The Hall–Kier alpha value is -1.20. The van der Waals surface area contributed by atoms with E-state index in [0.717, 1.165) is 11.4 Å². The summed E-state index contributed by atoms with van der Waals surface area (Å²) in [4.78, 5) is 14.7. The van der Waals surface area contributed by atoms with Crippen molar-refractivity contribution in [3.8, 4) is 0 Å². The van der Waals surface area contributed by atoms with Gasteiger partial charge in [0.05, 0.1) is 12.3 Å². The third-order valence-electron chi connectivity index (χ3n) is 1.68. The van der Waals surface area contributed by atoms with Gasteiger partial charge < -0.3 is 10.4 Å². The Kier molecular flexibility index (Phi) is 5.00. The number of carbonyl (C=O) groups is 1. The Morgan fingerprint density at radius 1 is 1.73 bits per heavy atom. The number of aliphatic hydroxyl groups excluding tert-OH is 1. The van der Waals surface area contributed by atoms with E-state index in [9.17, 15) is 4.79 Å². The largest absolute Gasteiger partial charge is 0.390 e. The van der Waals surface area contributed by atoms with E-state index in [4.69, 9.17) is 5.11 Å². The van der Waals surface area contributed by atoms with Gasteiger partial charge in [-0.25, -0.2) is 4.98 Å². The van der Waals surface area contributed by atoms with Gasteiger partial charge in [-0.2, -0.15) is 0 Å². The standard InChI is InChI=1S/C10H14N2O2S/c1-8(14)11-5-3-2-4-10-12-9(6-13)7-15-10/h2,4,7,13H,3,5-6H2,1H3,(H,11,14). The molecule has 0 saturated heterocycles. The molecular weight excluding hydrogens is 212 g/mol. The van der Waals surface area contributed by atoms with Crippen molar-refractivity contribution in [2.75, 3.05) is 6.54 Å². The highest BCUT2D eigenvalue weighted by Gasteiger charge is 1.96.